The Hall–Kier alpha value is -1.81. The second-order valence-corrected chi connectivity index (χ2v) is 8.12. The second kappa shape index (κ2) is 7.39. The first-order valence-corrected chi connectivity index (χ1v) is 8.92. The summed E-state index contributed by atoms with van der Waals surface area (Å²) in [6.07, 6.45) is 0.684. The molecule has 0 fully saturated rings. The van der Waals surface area contributed by atoms with Crippen LogP contribution in [-0.4, -0.2) is 62.5 Å². The normalized spacial score (nSPS) is 13.6. The van der Waals surface area contributed by atoms with Gasteiger partial charge in [-0.1, -0.05) is 17.3 Å². The van der Waals surface area contributed by atoms with Gasteiger partial charge in [-0.3, -0.25) is 0 Å². The summed E-state index contributed by atoms with van der Waals surface area (Å²) in [5.41, 5.74) is 6.61. The molecule has 1 atom stereocenters. The summed E-state index contributed by atoms with van der Waals surface area (Å²) in [7, 11) is 3.37. The van der Waals surface area contributed by atoms with Gasteiger partial charge in [-0.05, 0) is 39.2 Å². The van der Waals surface area contributed by atoms with Gasteiger partial charge in [0.25, 0.3) is 0 Å². The van der Waals surface area contributed by atoms with Crippen molar-refractivity contribution in [2.24, 2.45) is 5.73 Å². The van der Waals surface area contributed by atoms with Crippen LogP contribution < -0.4 is 5.73 Å². The van der Waals surface area contributed by atoms with E-state index in [0.717, 1.165) is 10.8 Å². The lowest BCUT2D eigenvalue weighted by Gasteiger charge is -2.11. The van der Waals surface area contributed by atoms with Gasteiger partial charge in [-0.25, -0.2) is 12.7 Å². The summed E-state index contributed by atoms with van der Waals surface area (Å²) in [6, 6.07) is 6.07. The largest absolute Gasteiger partial charge is 0.337 e. The molecule has 1 heterocycles. The molecule has 0 bridgehead atoms. The number of aromatic nitrogens is 2. The van der Waals surface area contributed by atoms with E-state index in [2.05, 4.69) is 10.1 Å². The molecule has 1 unspecified atom stereocenters. The van der Waals surface area contributed by atoms with Crippen molar-refractivity contribution in [1.29, 1.82) is 0 Å². The van der Waals surface area contributed by atoms with E-state index in [0.29, 0.717) is 23.7 Å². The molecule has 132 valence electrons. The van der Waals surface area contributed by atoms with Gasteiger partial charge in [0.15, 0.2) is 0 Å². The Bertz CT molecular complexity index is 786. The molecule has 1 aromatic carbocycles. The highest BCUT2D eigenvalue weighted by atomic mass is 32.2. The van der Waals surface area contributed by atoms with Crippen LogP contribution in [0.1, 0.15) is 18.4 Å². The van der Waals surface area contributed by atoms with Crippen molar-refractivity contribution in [3.63, 3.8) is 0 Å². The van der Waals surface area contributed by atoms with Crippen LogP contribution in [0.5, 0.6) is 0 Å². The van der Waals surface area contributed by atoms with Crippen molar-refractivity contribution < 1.29 is 12.9 Å². The molecule has 2 N–H and O–H groups in total. The van der Waals surface area contributed by atoms with Crippen LogP contribution in [0.25, 0.3) is 11.4 Å². The van der Waals surface area contributed by atoms with Gasteiger partial charge in [0.2, 0.25) is 21.7 Å². The first-order chi connectivity index (χ1) is 11.2. The SMILES string of the molecule is CN(C)CCC(N)c1nc(-c2cccc(S(=O)(=O)N(C)C)c2)no1. The molecule has 0 aliphatic heterocycles. The Labute approximate surface area is 142 Å². The Morgan fingerprint density at radius 1 is 1.25 bits per heavy atom. The van der Waals surface area contributed by atoms with Crippen LogP contribution >= 0.6 is 0 Å². The van der Waals surface area contributed by atoms with Gasteiger partial charge in [0.1, 0.15) is 0 Å². The molecule has 0 saturated carbocycles. The van der Waals surface area contributed by atoms with Gasteiger partial charge in [0, 0.05) is 19.7 Å². The minimum atomic E-state index is -3.52. The van der Waals surface area contributed by atoms with E-state index < -0.39 is 10.0 Å². The average Bonchev–Trinajstić information content (AvgIpc) is 3.02. The number of benzene rings is 1. The average molecular weight is 353 g/mol. The lowest BCUT2D eigenvalue weighted by atomic mass is 10.2. The summed E-state index contributed by atoms with van der Waals surface area (Å²) in [4.78, 5) is 6.49. The van der Waals surface area contributed by atoms with Crippen LogP contribution in [0.3, 0.4) is 0 Å². The number of hydrogen-bond acceptors (Lipinski definition) is 7. The Morgan fingerprint density at radius 3 is 2.58 bits per heavy atom. The number of rotatable bonds is 7. The van der Waals surface area contributed by atoms with E-state index in [-0.39, 0.29) is 10.9 Å². The van der Waals surface area contributed by atoms with E-state index in [1.165, 1.54) is 26.2 Å². The second-order valence-electron chi connectivity index (χ2n) is 5.97. The molecule has 2 aromatic rings. The third-order valence-electron chi connectivity index (χ3n) is 3.52. The monoisotopic (exact) mass is 353 g/mol. The molecule has 1 aromatic heterocycles. The lowest BCUT2D eigenvalue weighted by Crippen LogP contribution is -2.22. The van der Waals surface area contributed by atoms with Crippen molar-refractivity contribution in [1.82, 2.24) is 19.3 Å². The molecular weight excluding hydrogens is 330 g/mol. The molecular formula is C15H23N5O3S. The van der Waals surface area contributed by atoms with Crippen molar-refractivity contribution in [3.8, 4) is 11.4 Å². The van der Waals surface area contributed by atoms with Crippen molar-refractivity contribution in [2.75, 3.05) is 34.7 Å². The fourth-order valence-corrected chi connectivity index (χ4v) is 2.98. The molecule has 0 aliphatic carbocycles. The lowest BCUT2D eigenvalue weighted by molar-refractivity contribution is 0.323. The number of nitrogens with zero attached hydrogens (tertiary/aromatic N) is 4. The summed E-state index contributed by atoms with van der Waals surface area (Å²) in [6.45, 7) is 0.801. The molecule has 2 rings (SSSR count). The van der Waals surface area contributed by atoms with Gasteiger partial charge >= 0.3 is 0 Å². The fraction of sp³-hybridized carbons (Fsp3) is 0.467. The zero-order chi connectivity index (χ0) is 17.9. The van der Waals surface area contributed by atoms with Crippen molar-refractivity contribution in [2.45, 2.75) is 17.4 Å². The van der Waals surface area contributed by atoms with E-state index in [4.69, 9.17) is 10.3 Å². The fourth-order valence-electron chi connectivity index (χ4n) is 2.03. The highest BCUT2D eigenvalue weighted by molar-refractivity contribution is 7.89. The van der Waals surface area contributed by atoms with Gasteiger partial charge < -0.3 is 15.2 Å². The third-order valence-corrected chi connectivity index (χ3v) is 5.33. The number of hydrogen-bond donors (Lipinski definition) is 1. The predicted molar refractivity (Wildman–Crippen MR) is 90.7 cm³/mol. The zero-order valence-corrected chi connectivity index (χ0v) is 15.1. The Balaban J connectivity index is 2.25. The predicted octanol–water partition coefficient (Wildman–Crippen LogP) is 0.938. The summed E-state index contributed by atoms with van der Waals surface area (Å²) < 4.78 is 30.8. The highest BCUT2D eigenvalue weighted by Gasteiger charge is 2.20. The molecule has 0 spiro atoms. The number of nitrogens with two attached hydrogens (primary N) is 1. The molecule has 0 amide bonds. The van der Waals surface area contributed by atoms with Gasteiger partial charge in [-0.2, -0.15) is 4.98 Å². The number of sulfonamides is 1. The smallest absolute Gasteiger partial charge is 0.243 e. The molecule has 24 heavy (non-hydrogen) atoms. The van der Waals surface area contributed by atoms with E-state index in [9.17, 15) is 8.42 Å². The van der Waals surface area contributed by atoms with Crippen LogP contribution in [0.2, 0.25) is 0 Å². The Kier molecular flexibility index (Phi) is 5.70. The minimum Gasteiger partial charge on any atom is -0.337 e. The summed E-state index contributed by atoms with van der Waals surface area (Å²) >= 11 is 0. The molecule has 0 radical (unpaired) electrons. The van der Waals surface area contributed by atoms with Crippen LogP contribution in [0.15, 0.2) is 33.7 Å². The van der Waals surface area contributed by atoms with Gasteiger partial charge in [-0.15, -0.1) is 0 Å². The maximum Gasteiger partial charge on any atom is 0.243 e. The van der Waals surface area contributed by atoms with E-state index in [1.54, 1.807) is 12.1 Å². The van der Waals surface area contributed by atoms with E-state index in [1.807, 2.05) is 19.0 Å². The van der Waals surface area contributed by atoms with E-state index >= 15 is 0 Å². The van der Waals surface area contributed by atoms with Crippen LogP contribution in [0.4, 0.5) is 0 Å². The molecule has 0 saturated heterocycles. The first-order valence-electron chi connectivity index (χ1n) is 7.48. The third kappa shape index (κ3) is 4.18. The maximum absolute atomic E-state index is 12.2. The maximum atomic E-state index is 12.2. The summed E-state index contributed by atoms with van der Waals surface area (Å²) in [5.74, 6) is 0.661. The minimum absolute atomic E-state index is 0.174. The highest BCUT2D eigenvalue weighted by Crippen LogP contribution is 2.23. The quantitative estimate of drug-likeness (QED) is 0.789. The zero-order valence-electron chi connectivity index (χ0n) is 14.3. The molecule has 0 aliphatic rings. The van der Waals surface area contributed by atoms with Crippen LogP contribution in [0, 0.1) is 0 Å². The van der Waals surface area contributed by atoms with Crippen molar-refractivity contribution >= 4 is 10.0 Å². The Morgan fingerprint density at radius 2 is 1.96 bits per heavy atom. The van der Waals surface area contributed by atoms with Gasteiger partial charge in [0.05, 0.1) is 10.9 Å². The van der Waals surface area contributed by atoms with Crippen LogP contribution in [-0.2, 0) is 10.0 Å². The topological polar surface area (TPSA) is 106 Å². The standard InChI is InChI=1S/C15H23N5O3S/c1-19(2)9-8-13(16)15-17-14(18-23-15)11-6-5-7-12(10-11)24(21,22)20(3)4/h5-7,10,13H,8-9,16H2,1-4H3. The molecule has 9 heteroatoms. The first kappa shape index (κ1) is 18.5. The summed E-state index contributed by atoms with van der Waals surface area (Å²) in [5, 5.41) is 3.91. The molecule has 8 nitrogen and oxygen atoms in total. The van der Waals surface area contributed by atoms with Crippen molar-refractivity contribution in [3.05, 3.63) is 30.2 Å².